The van der Waals surface area contributed by atoms with Gasteiger partial charge in [-0.1, -0.05) is 36.4 Å². The molecule has 1 aliphatic heterocycles. The summed E-state index contributed by atoms with van der Waals surface area (Å²) in [6, 6.07) is 16.8. The van der Waals surface area contributed by atoms with Crippen LogP contribution in [0.4, 0.5) is 4.39 Å². The summed E-state index contributed by atoms with van der Waals surface area (Å²) in [6.45, 7) is 4.22. The monoisotopic (exact) mass is 639 g/mol. The number of likely N-dealkylation sites (N-methyl/N-ethyl adjacent to an activating group) is 1. The van der Waals surface area contributed by atoms with Crippen LogP contribution in [0.15, 0.2) is 70.4 Å². The maximum absolute atomic E-state index is 14.5. The average molecular weight is 640 g/mol. The van der Waals surface area contributed by atoms with Gasteiger partial charge in [0.05, 0.1) is 36.0 Å². The Hall–Kier alpha value is -3.99. The molecular formula is C37H42FN5O4. The van der Waals surface area contributed by atoms with E-state index >= 15 is 0 Å². The van der Waals surface area contributed by atoms with Crippen LogP contribution in [0.5, 0.6) is 0 Å². The number of ketones is 1. The second-order valence-corrected chi connectivity index (χ2v) is 13.7. The van der Waals surface area contributed by atoms with Crippen LogP contribution in [-0.4, -0.2) is 75.6 Å². The number of morpholine rings is 1. The van der Waals surface area contributed by atoms with Crippen molar-refractivity contribution in [3.05, 3.63) is 93.0 Å². The fourth-order valence-electron chi connectivity index (χ4n) is 7.54. The first-order valence-corrected chi connectivity index (χ1v) is 16.8. The van der Waals surface area contributed by atoms with Gasteiger partial charge in [0.1, 0.15) is 5.82 Å². The molecule has 2 aromatic heterocycles. The minimum Gasteiger partial charge on any atom is -0.379 e. The molecule has 2 aliphatic carbocycles. The number of hydrogen-bond acceptors (Lipinski definition) is 7. The molecule has 2 aromatic carbocycles. The Labute approximate surface area is 273 Å². The lowest BCUT2D eigenvalue weighted by Crippen LogP contribution is -2.43. The highest BCUT2D eigenvalue weighted by atomic mass is 19.1. The Kier molecular flexibility index (Phi) is 8.67. The van der Waals surface area contributed by atoms with Crippen LogP contribution in [0.25, 0.3) is 27.8 Å². The third-order valence-corrected chi connectivity index (χ3v) is 10.5. The number of nitrogens with zero attached hydrogens (tertiary/aromatic N) is 5. The Balaban J connectivity index is 1.17. The largest absolute Gasteiger partial charge is 0.379 e. The highest BCUT2D eigenvalue weighted by Crippen LogP contribution is 2.44. The number of hydrogen-bond donors (Lipinski definition) is 0. The highest BCUT2D eigenvalue weighted by Gasteiger charge is 2.51. The van der Waals surface area contributed by atoms with Crippen LogP contribution in [0, 0.1) is 11.7 Å². The van der Waals surface area contributed by atoms with E-state index in [0.29, 0.717) is 30.7 Å². The quantitative estimate of drug-likeness (QED) is 0.256. The number of rotatable bonds is 9. The second-order valence-electron chi connectivity index (χ2n) is 13.7. The summed E-state index contributed by atoms with van der Waals surface area (Å²) in [5, 5.41) is 0.0708. The summed E-state index contributed by atoms with van der Waals surface area (Å²) in [7, 11) is 3.94. The molecule has 2 saturated carbocycles. The van der Waals surface area contributed by atoms with E-state index in [1.807, 2.05) is 43.3 Å². The molecular weight excluding hydrogens is 597 g/mol. The SMILES string of the molecule is CN(C)C1(C(=O)CC2CCC(n3c(=O)c4cc(F)cnc4n(-c4cccc(-c5ccc(CN6CCOCC6)cc5)c4)c3=O)CC2)CC1. The summed E-state index contributed by atoms with van der Waals surface area (Å²) in [6.07, 6.45) is 6.10. The molecule has 7 rings (SSSR count). The van der Waals surface area contributed by atoms with Crippen LogP contribution in [0.2, 0.25) is 0 Å². The Bertz CT molecular complexity index is 1900. The smallest absolute Gasteiger partial charge is 0.337 e. The zero-order valence-corrected chi connectivity index (χ0v) is 27.2. The van der Waals surface area contributed by atoms with Gasteiger partial charge in [-0.05, 0) is 93.4 Å². The predicted molar refractivity (Wildman–Crippen MR) is 179 cm³/mol. The molecule has 9 nitrogen and oxygen atoms in total. The Morgan fingerprint density at radius 3 is 2.38 bits per heavy atom. The zero-order valence-electron chi connectivity index (χ0n) is 27.2. The van der Waals surface area contributed by atoms with Crippen LogP contribution >= 0.6 is 0 Å². The lowest BCUT2D eigenvalue weighted by Gasteiger charge is -2.31. The van der Waals surface area contributed by atoms with Crippen molar-refractivity contribution < 1.29 is 13.9 Å². The van der Waals surface area contributed by atoms with Crippen molar-refractivity contribution in [1.82, 2.24) is 23.9 Å². The maximum atomic E-state index is 14.5. The van der Waals surface area contributed by atoms with Gasteiger partial charge in [0.15, 0.2) is 11.4 Å². The molecule has 0 radical (unpaired) electrons. The number of carbonyl (C=O) groups excluding carboxylic acids is 1. The maximum Gasteiger partial charge on any atom is 0.337 e. The third kappa shape index (κ3) is 6.22. The van der Waals surface area contributed by atoms with Crippen molar-refractivity contribution >= 4 is 16.8 Å². The van der Waals surface area contributed by atoms with Gasteiger partial charge in [-0.25, -0.2) is 18.7 Å². The van der Waals surface area contributed by atoms with E-state index in [0.717, 1.165) is 75.9 Å². The van der Waals surface area contributed by atoms with Gasteiger partial charge in [0.25, 0.3) is 5.56 Å². The number of aromatic nitrogens is 3. The van der Waals surface area contributed by atoms with Gasteiger partial charge in [-0.15, -0.1) is 0 Å². The van der Waals surface area contributed by atoms with Gasteiger partial charge in [-0.3, -0.25) is 24.0 Å². The number of fused-ring (bicyclic) bond motifs is 1. The molecule has 4 aromatic rings. The first-order chi connectivity index (χ1) is 22.7. The molecule has 0 N–H and O–H groups in total. The van der Waals surface area contributed by atoms with Crippen molar-refractivity contribution in [2.45, 2.75) is 63.1 Å². The number of carbonyl (C=O) groups is 1. The molecule has 10 heteroatoms. The molecule has 3 aliphatic rings. The molecule has 0 spiro atoms. The van der Waals surface area contributed by atoms with Crippen molar-refractivity contribution in [3.63, 3.8) is 0 Å². The van der Waals surface area contributed by atoms with Crippen LogP contribution in [0.1, 0.15) is 56.6 Å². The van der Waals surface area contributed by atoms with Crippen molar-refractivity contribution in [2.75, 3.05) is 40.4 Å². The number of Topliss-reactive ketones (excluding diaryl/α,β-unsaturated/α-hetero) is 1. The molecule has 0 amide bonds. The van der Waals surface area contributed by atoms with E-state index in [2.05, 4.69) is 34.1 Å². The van der Waals surface area contributed by atoms with Gasteiger partial charge < -0.3 is 4.74 Å². The summed E-state index contributed by atoms with van der Waals surface area (Å²) in [4.78, 5) is 49.8. The van der Waals surface area contributed by atoms with E-state index in [4.69, 9.17) is 4.74 Å². The fraction of sp³-hybridized carbons (Fsp3) is 0.459. The van der Waals surface area contributed by atoms with Crippen LogP contribution < -0.4 is 11.2 Å². The fourth-order valence-corrected chi connectivity index (χ4v) is 7.54. The van der Waals surface area contributed by atoms with E-state index in [1.165, 1.54) is 20.8 Å². The average Bonchev–Trinajstić information content (AvgIpc) is 3.90. The Morgan fingerprint density at radius 1 is 0.979 bits per heavy atom. The second kappa shape index (κ2) is 12.9. The summed E-state index contributed by atoms with van der Waals surface area (Å²) in [5.74, 6) is -0.107. The molecule has 0 bridgehead atoms. The van der Waals surface area contributed by atoms with Gasteiger partial charge in [0, 0.05) is 32.1 Å². The van der Waals surface area contributed by atoms with E-state index in [1.54, 1.807) is 0 Å². The summed E-state index contributed by atoms with van der Waals surface area (Å²) < 4.78 is 22.7. The lowest BCUT2D eigenvalue weighted by molar-refractivity contribution is -0.126. The zero-order chi connectivity index (χ0) is 32.7. The molecule has 246 valence electrons. The number of ether oxygens (including phenoxy) is 1. The normalized spacial score (nSPS) is 21.3. The standard InChI is InChI=1S/C37H42FN5O4/c1-40(2)37(14-15-37)33(44)20-25-8-12-30(13-9-25)43-35(45)32-22-29(38)23-39-34(32)42(36(43)46)31-5-3-4-28(21-31)27-10-6-26(7-11-27)24-41-16-18-47-19-17-41/h3-7,10-11,21-23,25,30H,8-9,12-20,24H2,1-2H3. The van der Waals surface area contributed by atoms with Crippen molar-refractivity contribution in [2.24, 2.45) is 5.92 Å². The van der Waals surface area contributed by atoms with Gasteiger partial charge in [0.2, 0.25) is 0 Å². The topological polar surface area (TPSA) is 89.7 Å². The molecule has 0 unspecified atom stereocenters. The molecule has 3 fully saturated rings. The van der Waals surface area contributed by atoms with Crippen LogP contribution in [-0.2, 0) is 16.1 Å². The first-order valence-electron chi connectivity index (χ1n) is 16.8. The summed E-state index contributed by atoms with van der Waals surface area (Å²) in [5.41, 5.74) is 2.50. The minimum absolute atomic E-state index is 0.0708. The highest BCUT2D eigenvalue weighted by molar-refractivity contribution is 5.91. The van der Waals surface area contributed by atoms with Crippen LogP contribution in [0.3, 0.4) is 0 Å². The van der Waals surface area contributed by atoms with Gasteiger partial charge in [-0.2, -0.15) is 0 Å². The Morgan fingerprint density at radius 2 is 1.70 bits per heavy atom. The third-order valence-electron chi connectivity index (χ3n) is 10.5. The first kappa shape index (κ1) is 31.6. The van der Waals surface area contributed by atoms with E-state index in [9.17, 15) is 18.8 Å². The van der Waals surface area contributed by atoms with Crippen molar-refractivity contribution in [3.8, 4) is 16.8 Å². The number of halogens is 1. The minimum atomic E-state index is -0.630. The predicted octanol–water partition coefficient (Wildman–Crippen LogP) is 4.97. The molecule has 0 atom stereocenters. The van der Waals surface area contributed by atoms with Gasteiger partial charge >= 0.3 is 5.69 Å². The lowest BCUT2D eigenvalue weighted by atomic mass is 9.81. The molecule has 1 saturated heterocycles. The van der Waals surface area contributed by atoms with E-state index in [-0.39, 0.29) is 28.5 Å². The number of benzene rings is 2. The number of pyridine rings is 1. The van der Waals surface area contributed by atoms with Crippen molar-refractivity contribution in [1.29, 1.82) is 0 Å². The van der Waals surface area contributed by atoms with E-state index < -0.39 is 17.1 Å². The summed E-state index contributed by atoms with van der Waals surface area (Å²) >= 11 is 0. The molecule has 3 heterocycles. The molecule has 47 heavy (non-hydrogen) atoms.